The van der Waals surface area contributed by atoms with E-state index in [-0.39, 0.29) is 21.2 Å². The summed E-state index contributed by atoms with van der Waals surface area (Å²) in [4.78, 5) is 12.8. The van der Waals surface area contributed by atoms with Gasteiger partial charge in [0.2, 0.25) is 5.91 Å². The van der Waals surface area contributed by atoms with E-state index in [2.05, 4.69) is 10.0 Å². The summed E-state index contributed by atoms with van der Waals surface area (Å²) in [6.07, 6.45) is 0. The van der Waals surface area contributed by atoms with Crippen LogP contribution < -0.4 is 14.3 Å². The maximum Gasteiger partial charge on any atom is 0.264 e. The molecule has 4 aromatic rings. The lowest BCUT2D eigenvalue weighted by atomic mass is 10.2. The van der Waals surface area contributed by atoms with Crippen LogP contribution in [0.4, 0.5) is 21.5 Å². The summed E-state index contributed by atoms with van der Waals surface area (Å²) in [5, 5.41) is 2.60. The Bertz CT molecular complexity index is 1690. The highest BCUT2D eigenvalue weighted by Gasteiger charge is 2.27. The van der Waals surface area contributed by atoms with Crippen molar-refractivity contribution in [1.82, 2.24) is 0 Å². The van der Waals surface area contributed by atoms with Crippen molar-refractivity contribution in [2.75, 3.05) is 20.9 Å². The maximum absolute atomic E-state index is 13.4. The molecule has 11 heteroatoms. The van der Waals surface area contributed by atoms with Crippen LogP contribution in [0.2, 0.25) is 0 Å². The number of nitrogens with one attached hydrogen (secondary N) is 2. The summed E-state index contributed by atoms with van der Waals surface area (Å²) in [5.41, 5.74) is 2.75. The molecule has 2 N–H and O–H groups in total. The number of hydrogen-bond donors (Lipinski definition) is 2. The molecule has 0 aromatic heterocycles. The molecule has 0 unspecified atom stereocenters. The third-order valence-corrected chi connectivity index (χ3v) is 8.91. The van der Waals surface area contributed by atoms with Crippen LogP contribution in [0.15, 0.2) is 107 Å². The van der Waals surface area contributed by atoms with Gasteiger partial charge in [-0.15, -0.1) is 0 Å². The SMILES string of the molecule is Cc1ccc(N(CC(=O)Nc2ccc(S(=O)(=O)Nc3cccc(C)c3)cc2)S(=O)(=O)c2ccc(F)cc2)cc1. The Morgan fingerprint density at radius 1 is 0.744 bits per heavy atom. The van der Waals surface area contributed by atoms with Gasteiger partial charge in [-0.05, 0) is 92.2 Å². The Balaban J connectivity index is 1.52. The molecular weight excluding hydrogens is 541 g/mol. The summed E-state index contributed by atoms with van der Waals surface area (Å²) >= 11 is 0. The molecule has 1 amide bonds. The van der Waals surface area contributed by atoms with Gasteiger partial charge in [-0.1, -0.05) is 29.8 Å². The Kier molecular flexibility index (Phi) is 8.03. The Morgan fingerprint density at radius 2 is 1.36 bits per heavy atom. The van der Waals surface area contributed by atoms with Crippen molar-refractivity contribution in [3.8, 4) is 0 Å². The van der Waals surface area contributed by atoms with Crippen molar-refractivity contribution in [2.45, 2.75) is 23.6 Å². The number of aryl methyl sites for hydroxylation is 2. The van der Waals surface area contributed by atoms with Gasteiger partial charge in [-0.2, -0.15) is 0 Å². The second kappa shape index (κ2) is 11.3. The molecule has 0 aliphatic carbocycles. The van der Waals surface area contributed by atoms with Crippen LogP contribution in [0.5, 0.6) is 0 Å². The average molecular weight is 568 g/mol. The number of sulfonamides is 2. The zero-order valence-corrected chi connectivity index (χ0v) is 22.8. The number of halogens is 1. The Morgan fingerprint density at radius 3 is 1.97 bits per heavy atom. The van der Waals surface area contributed by atoms with Crippen molar-refractivity contribution < 1.29 is 26.0 Å². The molecule has 202 valence electrons. The van der Waals surface area contributed by atoms with Gasteiger partial charge in [0.1, 0.15) is 12.4 Å². The summed E-state index contributed by atoms with van der Waals surface area (Å²) in [6, 6.07) is 23.3. The maximum atomic E-state index is 13.4. The minimum atomic E-state index is -4.21. The lowest BCUT2D eigenvalue weighted by Gasteiger charge is -2.24. The molecule has 0 fully saturated rings. The number of amides is 1. The largest absolute Gasteiger partial charge is 0.325 e. The summed E-state index contributed by atoms with van der Waals surface area (Å²) in [5.74, 6) is -1.25. The molecule has 0 radical (unpaired) electrons. The highest BCUT2D eigenvalue weighted by Crippen LogP contribution is 2.25. The van der Waals surface area contributed by atoms with Crippen molar-refractivity contribution in [3.05, 3.63) is 114 Å². The minimum Gasteiger partial charge on any atom is -0.325 e. The van der Waals surface area contributed by atoms with Crippen LogP contribution in [0.3, 0.4) is 0 Å². The summed E-state index contributed by atoms with van der Waals surface area (Å²) in [7, 11) is -8.08. The molecule has 0 spiro atoms. The van der Waals surface area contributed by atoms with E-state index in [0.29, 0.717) is 5.69 Å². The first kappa shape index (κ1) is 27.8. The second-order valence-electron chi connectivity index (χ2n) is 8.85. The second-order valence-corrected chi connectivity index (χ2v) is 12.4. The molecule has 8 nitrogen and oxygen atoms in total. The third kappa shape index (κ3) is 6.81. The monoisotopic (exact) mass is 567 g/mol. The molecule has 0 atom stereocenters. The van der Waals surface area contributed by atoms with Crippen molar-refractivity contribution in [3.63, 3.8) is 0 Å². The van der Waals surface area contributed by atoms with Crippen LogP contribution in [-0.4, -0.2) is 29.3 Å². The minimum absolute atomic E-state index is 0.0119. The zero-order chi connectivity index (χ0) is 28.2. The predicted octanol–water partition coefficient (Wildman–Crippen LogP) is 5.08. The third-order valence-electron chi connectivity index (χ3n) is 5.73. The number of rotatable bonds is 9. The molecule has 4 aromatic carbocycles. The number of benzene rings is 4. The van der Waals surface area contributed by atoms with Gasteiger partial charge < -0.3 is 5.32 Å². The normalized spacial score (nSPS) is 11.6. The van der Waals surface area contributed by atoms with E-state index in [1.54, 1.807) is 42.5 Å². The first-order valence-electron chi connectivity index (χ1n) is 11.8. The molecule has 0 heterocycles. The van der Waals surface area contributed by atoms with E-state index >= 15 is 0 Å². The van der Waals surface area contributed by atoms with E-state index in [4.69, 9.17) is 0 Å². The average Bonchev–Trinajstić information content (AvgIpc) is 2.88. The fraction of sp³-hybridized carbons (Fsp3) is 0.107. The smallest absolute Gasteiger partial charge is 0.264 e. The van der Waals surface area contributed by atoms with E-state index in [0.717, 1.165) is 39.7 Å². The zero-order valence-electron chi connectivity index (χ0n) is 21.1. The van der Waals surface area contributed by atoms with Crippen molar-refractivity contribution in [1.29, 1.82) is 0 Å². The van der Waals surface area contributed by atoms with Crippen molar-refractivity contribution >= 4 is 43.0 Å². The van der Waals surface area contributed by atoms with Gasteiger partial charge in [-0.25, -0.2) is 21.2 Å². The van der Waals surface area contributed by atoms with Crippen molar-refractivity contribution in [2.24, 2.45) is 0 Å². The Hall–Kier alpha value is -4.22. The first-order chi connectivity index (χ1) is 18.4. The van der Waals surface area contributed by atoms with E-state index in [9.17, 15) is 26.0 Å². The van der Waals surface area contributed by atoms with E-state index in [1.165, 1.54) is 24.3 Å². The highest BCUT2D eigenvalue weighted by molar-refractivity contribution is 7.93. The molecule has 0 aliphatic heterocycles. The molecule has 0 saturated carbocycles. The summed E-state index contributed by atoms with van der Waals surface area (Å²) in [6.45, 7) is 3.12. The number of carbonyl (C=O) groups excluding carboxylic acids is 1. The van der Waals surface area contributed by atoms with Crippen LogP contribution >= 0.6 is 0 Å². The fourth-order valence-electron chi connectivity index (χ4n) is 3.73. The van der Waals surface area contributed by atoms with Gasteiger partial charge in [0.05, 0.1) is 15.5 Å². The van der Waals surface area contributed by atoms with Gasteiger partial charge in [-0.3, -0.25) is 13.8 Å². The molecule has 4 rings (SSSR count). The molecule has 0 saturated heterocycles. The molecule has 0 bridgehead atoms. The predicted molar refractivity (Wildman–Crippen MR) is 149 cm³/mol. The molecule has 0 aliphatic rings. The van der Waals surface area contributed by atoms with E-state index in [1.807, 2.05) is 19.9 Å². The number of anilines is 3. The Labute approximate surface area is 227 Å². The highest BCUT2D eigenvalue weighted by atomic mass is 32.2. The topological polar surface area (TPSA) is 113 Å². The fourth-order valence-corrected chi connectivity index (χ4v) is 6.20. The van der Waals surface area contributed by atoms with Gasteiger partial charge >= 0.3 is 0 Å². The van der Waals surface area contributed by atoms with Crippen LogP contribution in [0, 0.1) is 19.7 Å². The van der Waals surface area contributed by atoms with Gasteiger partial charge in [0.25, 0.3) is 20.0 Å². The first-order valence-corrected chi connectivity index (χ1v) is 14.7. The van der Waals surface area contributed by atoms with Crippen LogP contribution in [0.25, 0.3) is 0 Å². The number of hydrogen-bond acceptors (Lipinski definition) is 5. The van der Waals surface area contributed by atoms with Crippen LogP contribution in [-0.2, 0) is 24.8 Å². The lowest BCUT2D eigenvalue weighted by molar-refractivity contribution is -0.114. The number of nitrogens with zero attached hydrogens (tertiary/aromatic N) is 1. The quantitative estimate of drug-likeness (QED) is 0.293. The van der Waals surface area contributed by atoms with E-state index < -0.39 is 38.3 Å². The van der Waals surface area contributed by atoms with Gasteiger partial charge in [0, 0.05) is 11.4 Å². The number of carbonyl (C=O) groups is 1. The van der Waals surface area contributed by atoms with Gasteiger partial charge in [0.15, 0.2) is 0 Å². The molecule has 39 heavy (non-hydrogen) atoms. The molecular formula is C28H26FN3O5S2. The lowest BCUT2D eigenvalue weighted by Crippen LogP contribution is -2.38. The summed E-state index contributed by atoms with van der Waals surface area (Å²) < 4.78 is 69.1. The van der Waals surface area contributed by atoms with Crippen LogP contribution in [0.1, 0.15) is 11.1 Å². The standard InChI is InChI=1S/C28H26FN3O5S2/c1-20-6-12-25(13-7-20)32(39(36,37)27-14-8-22(29)9-15-27)19-28(33)30-23-10-16-26(17-11-23)38(34,35)31-24-5-3-4-21(2)18-24/h3-18,31H,19H2,1-2H3,(H,30,33).